The average Bonchev–Trinajstić information content (AvgIpc) is 2.81. The highest BCUT2D eigenvalue weighted by Crippen LogP contribution is 2.33. The van der Waals surface area contributed by atoms with Gasteiger partial charge in [0.15, 0.2) is 0 Å². The molecule has 2 aromatic rings. The van der Waals surface area contributed by atoms with E-state index in [4.69, 9.17) is 39.5 Å². The molecule has 0 fully saturated rings. The van der Waals surface area contributed by atoms with Crippen molar-refractivity contribution in [1.29, 1.82) is 0 Å². The second kappa shape index (κ2) is 13.4. The lowest BCUT2D eigenvalue weighted by atomic mass is 10.1. The first-order chi connectivity index (χ1) is 16.9. The van der Waals surface area contributed by atoms with Crippen molar-refractivity contribution in [3.05, 3.63) is 57.0 Å². The van der Waals surface area contributed by atoms with Crippen LogP contribution in [0.15, 0.2) is 36.4 Å². The molecular weight excluding hydrogens is 549 g/mol. The first-order valence-corrected chi connectivity index (χ1v) is 14.2. The molecule has 198 valence electrons. The smallest absolute Gasteiger partial charge is 0.244 e. The van der Waals surface area contributed by atoms with E-state index >= 15 is 0 Å². The van der Waals surface area contributed by atoms with Gasteiger partial charge in [-0.3, -0.25) is 13.9 Å². The molecule has 0 aliphatic carbocycles. The van der Waals surface area contributed by atoms with Crippen molar-refractivity contribution >= 4 is 62.3 Å². The molecule has 0 aliphatic heterocycles. The van der Waals surface area contributed by atoms with Crippen LogP contribution in [-0.4, -0.2) is 57.6 Å². The Balaban J connectivity index is 2.48. The zero-order valence-corrected chi connectivity index (χ0v) is 23.6. The quantitative estimate of drug-likeness (QED) is 0.367. The van der Waals surface area contributed by atoms with E-state index in [1.807, 2.05) is 6.92 Å². The van der Waals surface area contributed by atoms with Gasteiger partial charge in [-0.2, -0.15) is 0 Å². The number of carbonyl (C=O) groups excluding carboxylic acids is 2. The highest BCUT2D eigenvalue weighted by Gasteiger charge is 2.32. The minimum absolute atomic E-state index is 0.0941. The van der Waals surface area contributed by atoms with Crippen molar-refractivity contribution in [2.24, 2.45) is 0 Å². The fourth-order valence-corrected chi connectivity index (χ4v) is 4.95. The second-order valence-corrected chi connectivity index (χ2v) is 11.3. The molecule has 2 amide bonds. The van der Waals surface area contributed by atoms with E-state index in [1.54, 1.807) is 31.2 Å². The van der Waals surface area contributed by atoms with Crippen LogP contribution in [-0.2, 0) is 26.2 Å². The molecular formula is C24H30Cl3N3O5S. The third-order valence-electron chi connectivity index (χ3n) is 5.48. The molecule has 2 rings (SSSR count). The second-order valence-electron chi connectivity index (χ2n) is 8.13. The standard InChI is InChI=1S/C24H30Cl3N3O5S/c1-5-6-12-28-24(32)16(2)29(14-18-19(26)8-7-9-20(18)27)23(31)15-30(36(4,33)34)21-13-17(25)10-11-22(21)35-3/h7-11,13,16H,5-6,12,14-15H2,1-4H3,(H,28,32)/t16-/m0/s1. The summed E-state index contributed by atoms with van der Waals surface area (Å²) in [5.41, 5.74) is 0.533. The van der Waals surface area contributed by atoms with E-state index < -0.39 is 28.5 Å². The lowest BCUT2D eigenvalue weighted by molar-refractivity contribution is -0.139. The molecule has 0 radical (unpaired) electrons. The summed E-state index contributed by atoms with van der Waals surface area (Å²) in [6.45, 7) is 3.29. The average molecular weight is 579 g/mol. The largest absolute Gasteiger partial charge is 0.495 e. The lowest BCUT2D eigenvalue weighted by Crippen LogP contribution is -2.51. The van der Waals surface area contributed by atoms with Crippen molar-refractivity contribution < 1.29 is 22.7 Å². The maximum atomic E-state index is 13.6. The molecule has 36 heavy (non-hydrogen) atoms. The topological polar surface area (TPSA) is 96.0 Å². The van der Waals surface area contributed by atoms with Gasteiger partial charge in [0.25, 0.3) is 0 Å². The Morgan fingerprint density at radius 3 is 2.31 bits per heavy atom. The molecule has 8 nitrogen and oxygen atoms in total. The number of sulfonamides is 1. The Morgan fingerprint density at radius 2 is 1.75 bits per heavy atom. The van der Waals surface area contributed by atoms with Crippen LogP contribution in [0.2, 0.25) is 15.1 Å². The van der Waals surface area contributed by atoms with Gasteiger partial charge in [0.05, 0.1) is 19.1 Å². The summed E-state index contributed by atoms with van der Waals surface area (Å²) in [5, 5.41) is 3.70. The van der Waals surface area contributed by atoms with Crippen molar-refractivity contribution in [2.45, 2.75) is 39.3 Å². The molecule has 0 spiro atoms. The molecule has 1 atom stereocenters. The number of hydrogen-bond donors (Lipinski definition) is 1. The Kier molecular flexibility index (Phi) is 11.2. The summed E-state index contributed by atoms with van der Waals surface area (Å²) < 4.78 is 31.7. The molecule has 0 saturated heterocycles. The van der Waals surface area contributed by atoms with Crippen molar-refractivity contribution in [3.63, 3.8) is 0 Å². The van der Waals surface area contributed by atoms with Gasteiger partial charge in [-0.1, -0.05) is 54.2 Å². The van der Waals surface area contributed by atoms with Gasteiger partial charge in [0, 0.05) is 33.7 Å². The SMILES string of the molecule is CCCCNC(=O)[C@H](C)N(Cc1c(Cl)cccc1Cl)C(=O)CN(c1cc(Cl)ccc1OC)S(C)(=O)=O. The van der Waals surface area contributed by atoms with Gasteiger partial charge >= 0.3 is 0 Å². The van der Waals surface area contributed by atoms with Crippen LogP contribution in [0.3, 0.4) is 0 Å². The van der Waals surface area contributed by atoms with Crippen LogP contribution < -0.4 is 14.4 Å². The summed E-state index contributed by atoms with van der Waals surface area (Å²) in [6, 6.07) is 8.41. The number of nitrogens with zero attached hydrogens (tertiary/aromatic N) is 2. The zero-order valence-electron chi connectivity index (χ0n) is 20.6. The highest BCUT2D eigenvalue weighted by molar-refractivity contribution is 7.92. The molecule has 1 N–H and O–H groups in total. The summed E-state index contributed by atoms with van der Waals surface area (Å²) in [6.07, 6.45) is 2.63. The van der Waals surface area contributed by atoms with Crippen molar-refractivity contribution in [2.75, 3.05) is 30.8 Å². The Morgan fingerprint density at radius 1 is 1.11 bits per heavy atom. The first-order valence-electron chi connectivity index (χ1n) is 11.2. The molecule has 0 unspecified atom stereocenters. The van der Waals surface area contributed by atoms with E-state index in [2.05, 4.69) is 5.32 Å². The minimum Gasteiger partial charge on any atom is -0.495 e. The number of rotatable bonds is 12. The minimum atomic E-state index is -3.95. The van der Waals surface area contributed by atoms with Gasteiger partial charge < -0.3 is 15.0 Å². The predicted octanol–water partition coefficient (Wildman–Crippen LogP) is 4.76. The van der Waals surface area contributed by atoms with Crippen LogP contribution in [0, 0.1) is 0 Å². The van der Waals surface area contributed by atoms with Gasteiger partial charge in [-0.15, -0.1) is 0 Å². The van der Waals surface area contributed by atoms with Crippen LogP contribution in [0.1, 0.15) is 32.3 Å². The number of methoxy groups -OCH3 is 1. The van der Waals surface area contributed by atoms with Crippen LogP contribution in [0.4, 0.5) is 5.69 Å². The van der Waals surface area contributed by atoms with Crippen molar-refractivity contribution in [3.8, 4) is 5.75 Å². The van der Waals surface area contributed by atoms with E-state index in [9.17, 15) is 18.0 Å². The zero-order chi connectivity index (χ0) is 27.0. The fourth-order valence-electron chi connectivity index (χ4n) is 3.43. The molecule has 0 heterocycles. The van der Waals surface area contributed by atoms with Gasteiger partial charge in [-0.25, -0.2) is 8.42 Å². The lowest BCUT2D eigenvalue weighted by Gasteiger charge is -2.32. The molecule has 0 saturated carbocycles. The van der Waals surface area contributed by atoms with Gasteiger partial charge in [0.1, 0.15) is 18.3 Å². The molecule has 0 aliphatic rings. The number of unbranched alkanes of at least 4 members (excludes halogenated alkanes) is 1. The predicted molar refractivity (Wildman–Crippen MR) is 145 cm³/mol. The molecule has 0 aromatic heterocycles. The van der Waals surface area contributed by atoms with Crippen LogP contribution >= 0.6 is 34.8 Å². The Hall–Kier alpha value is -2.20. The fraction of sp³-hybridized carbons (Fsp3) is 0.417. The number of anilines is 1. The number of nitrogens with one attached hydrogen (secondary N) is 1. The summed E-state index contributed by atoms with van der Waals surface area (Å²) in [7, 11) is -2.58. The van der Waals surface area contributed by atoms with E-state index in [0.717, 1.165) is 23.4 Å². The number of ether oxygens (including phenoxy) is 1. The number of amides is 2. The molecule has 12 heteroatoms. The number of halogens is 3. The van der Waals surface area contributed by atoms with Gasteiger partial charge in [0.2, 0.25) is 21.8 Å². The molecule has 0 bridgehead atoms. The maximum absolute atomic E-state index is 13.6. The van der Waals surface area contributed by atoms with Gasteiger partial charge in [-0.05, 0) is 43.7 Å². The van der Waals surface area contributed by atoms with E-state index in [-0.39, 0.29) is 28.9 Å². The third-order valence-corrected chi connectivity index (χ3v) is 7.55. The first kappa shape index (κ1) is 30.0. The highest BCUT2D eigenvalue weighted by atomic mass is 35.5. The maximum Gasteiger partial charge on any atom is 0.244 e. The van der Waals surface area contributed by atoms with E-state index in [0.29, 0.717) is 22.2 Å². The summed E-state index contributed by atoms with van der Waals surface area (Å²) >= 11 is 18.8. The monoisotopic (exact) mass is 577 g/mol. The Labute approximate surface area is 227 Å². The summed E-state index contributed by atoms with van der Waals surface area (Å²) in [4.78, 5) is 27.8. The van der Waals surface area contributed by atoms with Crippen molar-refractivity contribution in [1.82, 2.24) is 10.2 Å². The Bertz CT molecular complexity index is 1170. The number of carbonyl (C=O) groups is 2. The van der Waals surface area contributed by atoms with E-state index in [1.165, 1.54) is 24.1 Å². The third kappa shape index (κ3) is 7.90. The number of benzene rings is 2. The normalized spacial score (nSPS) is 12.1. The molecule has 2 aromatic carbocycles. The van der Waals surface area contributed by atoms with Crippen LogP contribution in [0.25, 0.3) is 0 Å². The summed E-state index contributed by atoms with van der Waals surface area (Å²) in [5.74, 6) is -0.813. The van der Waals surface area contributed by atoms with Crippen LogP contribution in [0.5, 0.6) is 5.75 Å². The number of hydrogen-bond acceptors (Lipinski definition) is 5.